The van der Waals surface area contributed by atoms with Gasteiger partial charge in [0, 0.05) is 12.0 Å². The lowest BCUT2D eigenvalue weighted by Gasteiger charge is -2.18. The van der Waals surface area contributed by atoms with Gasteiger partial charge in [0.25, 0.3) is 0 Å². The second-order valence-corrected chi connectivity index (χ2v) is 4.37. The summed E-state index contributed by atoms with van der Waals surface area (Å²) in [5.41, 5.74) is 2.04. The van der Waals surface area contributed by atoms with Crippen LogP contribution in [0.2, 0.25) is 0 Å². The summed E-state index contributed by atoms with van der Waals surface area (Å²) >= 11 is 0. The molecule has 1 heterocycles. The molecule has 0 amide bonds. The lowest BCUT2D eigenvalue weighted by Crippen LogP contribution is -2.24. The summed E-state index contributed by atoms with van der Waals surface area (Å²) in [7, 11) is 0. The highest BCUT2D eigenvalue weighted by Gasteiger charge is 2.26. The largest absolute Gasteiger partial charge is 0.313 e. The number of nitrogens with one attached hydrogen (secondary N) is 1. The molecule has 82 valence electrons. The zero-order chi connectivity index (χ0) is 10.8. The molecule has 0 aromatic heterocycles. The molecule has 0 bridgehead atoms. The van der Waals surface area contributed by atoms with E-state index in [-0.39, 0.29) is 5.82 Å². The summed E-state index contributed by atoms with van der Waals surface area (Å²) in [6.45, 7) is 5.12. The Bertz CT molecular complexity index is 348. The van der Waals surface area contributed by atoms with Crippen molar-refractivity contribution in [3.8, 4) is 0 Å². The molecule has 1 fully saturated rings. The van der Waals surface area contributed by atoms with E-state index in [1.165, 1.54) is 12.0 Å². The molecule has 2 unspecified atom stereocenters. The molecule has 15 heavy (non-hydrogen) atoms. The Morgan fingerprint density at radius 3 is 2.93 bits per heavy atom. The average Bonchev–Trinajstić information content (AvgIpc) is 2.70. The number of aryl methyl sites for hydroxylation is 1. The van der Waals surface area contributed by atoms with Crippen LogP contribution in [0.4, 0.5) is 4.39 Å². The molecule has 1 N–H and O–H groups in total. The maximum Gasteiger partial charge on any atom is 0.126 e. The topological polar surface area (TPSA) is 12.0 Å². The number of benzene rings is 1. The van der Waals surface area contributed by atoms with E-state index in [1.807, 2.05) is 19.1 Å². The summed E-state index contributed by atoms with van der Waals surface area (Å²) in [5.74, 6) is 0.465. The van der Waals surface area contributed by atoms with Crippen LogP contribution in [-0.2, 0) is 0 Å². The van der Waals surface area contributed by atoms with E-state index in [4.69, 9.17) is 0 Å². The van der Waals surface area contributed by atoms with E-state index >= 15 is 0 Å². The minimum absolute atomic E-state index is 0.0993. The molecule has 1 nitrogen and oxygen atoms in total. The molecule has 2 heteroatoms. The van der Waals surface area contributed by atoms with Gasteiger partial charge in [-0.1, -0.05) is 19.1 Å². The zero-order valence-corrected chi connectivity index (χ0v) is 9.39. The van der Waals surface area contributed by atoms with Gasteiger partial charge >= 0.3 is 0 Å². The zero-order valence-electron chi connectivity index (χ0n) is 9.39. The van der Waals surface area contributed by atoms with Crippen molar-refractivity contribution in [2.24, 2.45) is 0 Å². The Kier molecular flexibility index (Phi) is 3.06. The minimum Gasteiger partial charge on any atom is -0.313 e. The second-order valence-electron chi connectivity index (χ2n) is 4.37. The summed E-state index contributed by atoms with van der Waals surface area (Å²) in [5, 5.41) is 3.50. The first-order valence-corrected chi connectivity index (χ1v) is 5.71. The molecule has 0 radical (unpaired) electrons. The molecule has 0 aliphatic carbocycles. The van der Waals surface area contributed by atoms with Crippen LogP contribution >= 0.6 is 0 Å². The second kappa shape index (κ2) is 4.31. The molecular formula is C13H18FN. The van der Waals surface area contributed by atoms with Crippen LogP contribution in [-0.4, -0.2) is 12.6 Å². The van der Waals surface area contributed by atoms with Gasteiger partial charge in [0.2, 0.25) is 0 Å². The molecule has 1 aliphatic rings. The fourth-order valence-corrected chi connectivity index (χ4v) is 2.49. The van der Waals surface area contributed by atoms with Gasteiger partial charge in [0.1, 0.15) is 5.82 Å². The summed E-state index contributed by atoms with van der Waals surface area (Å²) < 4.78 is 13.1. The predicted molar refractivity (Wildman–Crippen MR) is 60.6 cm³/mol. The Hall–Kier alpha value is -0.890. The van der Waals surface area contributed by atoms with Crippen molar-refractivity contribution in [3.05, 3.63) is 35.1 Å². The third-order valence-electron chi connectivity index (χ3n) is 3.40. The van der Waals surface area contributed by atoms with Crippen LogP contribution in [0.5, 0.6) is 0 Å². The normalized spacial score (nSPS) is 25.8. The van der Waals surface area contributed by atoms with Gasteiger partial charge < -0.3 is 5.32 Å². The lowest BCUT2D eigenvalue weighted by atomic mass is 9.90. The Balaban J connectivity index is 2.25. The molecule has 1 aromatic carbocycles. The smallest absolute Gasteiger partial charge is 0.126 e. The van der Waals surface area contributed by atoms with Crippen LogP contribution in [0.1, 0.15) is 36.8 Å². The molecule has 1 aliphatic heterocycles. The van der Waals surface area contributed by atoms with Gasteiger partial charge in [-0.15, -0.1) is 0 Å². The third-order valence-corrected chi connectivity index (χ3v) is 3.40. The van der Waals surface area contributed by atoms with E-state index in [0.29, 0.717) is 12.0 Å². The van der Waals surface area contributed by atoms with E-state index in [1.54, 1.807) is 6.07 Å². The highest BCUT2D eigenvalue weighted by Crippen LogP contribution is 2.30. The van der Waals surface area contributed by atoms with Gasteiger partial charge in [-0.2, -0.15) is 0 Å². The number of hydrogen-bond acceptors (Lipinski definition) is 1. The van der Waals surface area contributed by atoms with Crippen LogP contribution in [0.25, 0.3) is 0 Å². The minimum atomic E-state index is -0.0993. The molecule has 1 saturated heterocycles. The van der Waals surface area contributed by atoms with Gasteiger partial charge in [-0.25, -0.2) is 4.39 Å². The van der Waals surface area contributed by atoms with Crippen molar-refractivity contribution in [3.63, 3.8) is 0 Å². The summed E-state index contributed by atoms with van der Waals surface area (Å²) in [6, 6.07) is 6.09. The quantitative estimate of drug-likeness (QED) is 0.786. The third kappa shape index (κ3) is 2.05. The first kappa shape index (κ1) is 10.6. The van der Waals surface area contributed by atoms with E-state index in [0.717, 1.165) is 18.5 Å². The first-order chi connectivity index (χ1) is 7.22. The van der Waals surface area contributed by atoms with Crippen LogP contribution in [0, 0.1) is 12.7 Å². The summed E-state index contributed by atoms with van der Waals surface area (Å²) in [4.78, 5) is 0. The highest BCUT2D eigenvalue weighted by molar-refractivity contribution is 5.28. The van der Waals surface area contributed by atoms with Crippen molar-refractivity contribution >= 4 is 0 Å². The van der Waals surface area contributed by atoms with Crippen molar-refractivity contribution < 1.29 is 4.39 Å². The Morgan fingerprint density at radius 2 is 2.27 bits per heavy atom. The molecule has 2 atom stereocenters. The van der Waals surface area contributed by atoms with Gasteiger partial charge in [0.05, 0.1) is 0 Å². The van der Waals surface area contributed by atoms with Crippen LogP contribution < -0.4 is 5.32 Å². The molecule has 0 saturated carbocycles. The van der Waals surface area contributed by atoms with E-state index in [2.05, 4.69) is 12.2 Å². The van der Waals surface area contributed by atoms with E-state index in [9.17, 15) is 4.39 Å². The van der Waals surface area contributed by atoms with Gasteiger partial charge in [0.15, 0.2) is 0 Å². The van der Waals surface area contributed by atoms with Crippen molar-refractivity contribution in [1.82, 2.24) is 5.32 Å². The molecule has 1 aromatic rings. The number of halogens is 1. The maximum absolute atomic E-state index is 13.1. The van der Waals surface area contributed by atoms with Crippen LogP contribution in [0.3, 0.4) is 0 Å². The molecule has 2 rings (SSSR count). The van der Waals surface area contributed by atoms with Gasteiger partial charge in [-0.3, -0.25) is 0 Å². The first-order valence-electron chi connectivity index (χ1n) is 5.71. The van der Waals surface area contributed by atoms with Crippen molar-refractivity contribution in [1.29, 1.82) is 0 Å². The van der Waals surface area contributed by atoms with Gasteiger partial charge in [-0.05, 0) is 43.5 Å². The molecule has 0 spiro atoms. The highest BCUT2D eigenvalue weighted by atomic mass is 19.1. The Morgan fingerprint density at radius 1 is 1.47 bits per heavy atom. The maximum atomic E-state index is 13.1. The lowest BCUT2D eigenvalue weighted by molar-refractivity contribution is 0.530. The number of rotatable bonds is 2. The monoisotopic (exact) mass is 207 g/mol. The van der Waals surface area contributed by atoms with E-state index < -0.39 is 0 Å². The standard InChI is InChI=1S/C13H18FN/c1-3-13-11(6-7-15-13)10-4-5-12(14)9(2)8-10/h4-5,8,11,13,15H,3,6-7H2,1-2H3. The predicted octanol–water partition coefficient (Wildman–Crippen LogP) is 2.99. The molecular weight excluding hydrogens is 189 g/mol. The fraction of sp³-hybridized carbons (Fsp3) is 0.538. The average molecular weight is 207 g/mol. The summed E-state index contributed by atoms with van der Waals surface area (Å²) in [6.07, 6.45) is 2.31. The fourth-order valence-electron chi connectivity index (χ4n) is 2.49. The Labute approximate surface area is 90.7 Å². The SMILES string of the molecule is CCC1NCCC1c1ccc(F)c(C)c1. The van der Waals surface area contributed by atoms with Crippen molar-refractivity contribution in [2.75, 3.05) is 6.54 Å². The van der Waals surface area contributed by atoms with Crippen molar-refractivity contribution in [2.45, 2.75) is 38.6 Å². The van der Waals surface area contributed by atoms with Crippen LogP contribution in [0.15, 0.2) is 18.2 Å². The number of hydrogen-bond donors (Lipinski definition) is 1.